The van der Waals surface area contributed by atoms with Gasteiger partial charge in [0.2, 0.25) is 0 Å². The molecule has 0 aliphatic rings. The first-order chi connectivity index (χ1) is 10.1. The van der Waals surface area contributed by atoms with E-state index in [1.54, 1.807) is 36.4 Å². The number of carbonyl (C=O) groups excluding carboxylic acids is 2. The van der Waals surface area contributed by atoms with Crippen molar-refractivity contribution in [1.29, 1.82) is 0 Å². The quantitative estimate of drug-likeness (QED) is 0.884. The van der Waals surface area contributed by atoms with Crippen LogP contribution in [0.5, 0.6) is 0 Å². The third kappa shape index (κ3) is 3.69. The Labute approximate surface area is 124 Å². The topological polar surface area (TPSA) is 72.2 Å². The van der Waals surface area contributed by atoms with Crippen LogP contribution in [0, 0.1) is 0 Å². The van der Waals surface area contributed by atoms with Gasteiger partial charge in [0.05, 0.1) is 11.3 Å². The second-order valence-corrected chi connectivity index (χ2v) is 4.81. The molecule has 3 N–H and O–H groups in total. The summed E-state index contributed by atoms with van der Waals surface area (Å²) < 4.78 is 0. The number of para-hydroxylation sites is 1. The van der Waals surface area contributed by atoms with E-state index in [0.29, 0.717) is 16.8 Å². The lowest BCUT2D eigenvalue weighted by Crippen LogP contribution is -2.18. The fourth-order valence-corrected chi connectivity index (χ4v) is 2.11. The molecule has 0 radical (unpaired) electrons. The molecule has 0 aliphatic carbocycles. The lowest BCUT2D eigenvalue weighted by Gasteiger charge is -2.09. The molecule has 0 unspecified atom stereocenters. The number of primary amides is 1. The molecule has 0 atom stereocenters. The normalized spacial score (nSPS) is 10.1. The number of hydrogen-bond donors (Lipinski definition) is 2. The van der Waals surface area contributed by atoms with Crippen molar-refractivity contribution >= 4 is 17.5 Å². The first-order valence-electron chi connectivity index (χ1n) is 6.91. The zero-order valence-electron chi connectivity index (χ0n) is 11.9. The van der Waals surface area contributed by atoms with Crippen LogP contribution < -0.4 is 11.1 Å². The number of amides is 2. The molecule has 2 rings (SSSR count). The summed E-state index contributed by atoms with van der Waals surface area (Å²) in [5, 5.41) is 2.72. The van der Waals surface area contributed by atoms with E-state index < -0.39 is 5.91 Å². The van der Waals surface area contributed by atoms with Crippen molar-refractivity contribution < 1.29 is 9.59 Å². The number of nitrogens with two attached hydrogens (primary N) is 1. The van der Waals surface area contributed by atoms with E-state index in [4.69, 9.17) is 5.73 Å². The molecule has 0 saturated carbocycles. The minimum atomic E-state index is -0.566. The molecule has 0 aliphatic heterocycles. The van der Waals surface area contributed by atoms with Gasteiger partial charge in [-0.25, -0.2) is 0 Å². The van der Waals surface area contributed by atoms with Crippen LogP contribution >= 0.6 is 0 Å². The largest absolute Gasteiger partial charge is 0.366 e. The lowest BCUT2D eigenvalue weighted by atomic mass is 10.1. The molecule has 0 fully saturated rings. The van der Waals surface area contributed by atoms with Crippen molar-refractivity contribution in [2.45, 2.75) is 19.8 Å². The summed E-state index contributed by atoms with van der Waals surface area (Å²) in [6.45, 7) is 2.11. The molecule has 4 nitrogen and oxygen atoms in total. The van der Waals surface area contributed by atoms with E-state index in [0.717, 1.165) is 12.8 Å². The molecule has 2 aromatic carbocycles. The molecule has 2 amide bonds. The van der Waals surface area contributed by atoms with E-state index in [9.17, 15) is 9.59 Å². The number of aryl methyl sites for hydroxylation is 1. The fraction of sp³-hybridized carbons (Fsp3) is 0.176. The van der Waals surface area contributed by atoms with Gasteiger partial charge in [-0.1, -0.05) is 37.6 Å². The van der Waals surface area contributed by atoms with Crippen molar-refractivity contribution in [2.24, 2.45) is 5.73 Å². The predicted octanol–water partition coefficient (Wildman–Crippen LogP) is 2.99. The molecule has 0 spiro atoms. The fourth-order valence-electron chi connectivity index (χ4n) is 2.11. The Bertz CT molecular complexity index is 648. The van der Waals surface area contributed by atoms with Gasteiger partial charge >= 0.3 is 0 Å². The standard InChI is InChI=1S/C17H18N2O2/c1-2-5-12-8-10-13(11-9-12)17(21)19-15-7-4-3-6-14(15)16(18)20/h3-4,6-11H,2,5H2,1H3,(H2,18,20)(H,19,21). The predicted molar refractivity (Wildman–Crippen MR) is 83.4 cm³/mol. The molecule has 2 aromatic rings. The smallest absolute Gasteiger partial charge is 0.255 e. The van der Waals surface area contributed by atoms with Crippen LogP contribution in [0.4, 0.5) is 5.69 Å². The summed E-state index contributed by atoms with van der Waals surface area (Å²) in [6, 6.07) is 14.1. The van der Waals surface area contributed by atoms with Crippen LogP contribution in [0.25, 0.3) is 0 Å². The van der Waals surface area contributed by atoms with Gasteiger partial charge < -0.3 is 11.1 Å². The molecular formula is C17H18N2O2. The highest BCUT2D eigenvalue weighted by Gasteiger charge is 2.11. The van der Waals surface area contributed by atoms with Crippen LogP contribution in [0.2, 0.25) is 0 Å². The van der Waals surface area contributed by atoms with Gasteiger partial charge in [-0.05, 0) is 36.2 Å². The average molecular weight is 282 g/mol. The zero-order valence-corrected chi connectivity index (χ0v) is 11.9. The third-order valence-electron chi connectivity index (χ3n) is 3.20. The Kier molecular flexibility index (Phi) is 4.72. The van der Waals surface area contributed by atoms with E-state index in [1.165, 1.54) is 5.56 Å². The second-order valence-electron chi connectivity index (χ2n) is 4.81. The second kappa shape index (κ2) is 6.70. The molecule has 0 aromatic heterocycles. The van der Waals surface area contributed by atoms with Crippen molar-refractivity contribution in [3.8, 4) is 0 Å². The van der Waals surface area contributed by atoms with E-state index in [1.807, 2.05) is 12.1 Å². The highest BCUT2D eigenvalue weighted by atomic mass is 16.2. The van der Waals surface area contributed by atoms with E-state index >= 15 is 0 Å². The SMILES string of the molecule is CCCc1ccc(C(=O)Nc2ccccc2C(N)=O)cc1. The average Bonchev–Trinajstić information content (AvgIpc) is 2.48. The zero-order chi connectivity index (χ0) is 15.2. The number of rotatable bonds is 5. The van der Waals surface area contributed by atoms with Crippen molar-refractivity contribution in [2.75, 3.05) is 5.32 Å². The van der Waals surface area contributed by atoms with Gasteiger partial charge in [0.25, 0.3) is 11.8 Å². The summed E-state index contributed by atoms with van der Waals surface area (Å²) >= 11 is 0. The van der Waals surface area contributed by atoms with Crippen molar-refractivity contribution in [3.63, 3.8) is 0 Å². The highest BCUT2D eigenvalue weighted by molar-refractivity contribution is 6.08. The molecule has 0 bridgehead atoms. The van der Waals surface area contributed by atoms with Gasteiger partial charge in [-0.3, -0.25) is 9.59 Å². The molecule has 21 heavy (non-hydrogen) atoms. The molecule has 108 valence electrons. The Morgan fingerprint density at radius 3 is 2.33 bits per heavy atom. The van der Waals surface area contributed by atoms with Crippen molar-refractivity contribution in [1.82, 2.24) is 0 Å². The van der Waals surface area contributed by atoms with Crippen molar-refractivity contribution in [3.05, 3.63) is 65.2 Å². The number of anilines is 1. The van der Waals surface area contributed by atoms with Crippen LogP contribution in [0.15, 0.2) is 48.5 Å². The maximum Gasteiger partial charge on any atom is 0.255 e. The lowest BCUT2D eigenvalue weighted by molar-refractivity contribution is 0.100. The Hall–Kier alpha value is -2.62. The van der Waals surface area contributed by atoms with Gasteiger partial charge in [0, 0.05) is 5.56 Å². The Morgan fingerprint density at radius 2 is 1.71 bits per heavy atom. The molecule has 0 heterocycles. The number of hydrogen-bond acceptors (Lipinski definition) is 2. The first kappa shape index (κ1) is 14.8. The van der Waals surface area contributed by atoms with Gasteiger partial charge in [-0.15, -0.1) is 0 Å². The van der Waals surface area contributed by atoms with Crippen LogP contribution in [0.1, 0.15) is 39.6 Å². The first-order valence-corrected chi connectivity index (χ1v) is 6.91. The monoisotopic (exact) mass is 282 g/mol. The van der Waals surface area contributed by atoms with Crippen LogP contribution in [0.3, 0.4) is 0 Å². The van der Waals surface area contributed by atoms with Gasteiger partial charge in [0.1, 0.15) is 0 Å². The number of carbonyl (C=O) groups is 2. The Morgan fingerprint density at radius 1 is 1.05 bits per heavy atom. The van der Waals surface area contributed by atoms with E-state index in [2.05, 4.69) is 12.2 Å². The molecule has 0 saturated heterocycles. The van der Waals surface area contributed by atoms with Crippen LogP contribution in [-0.4, -0.2) is 11.8 Å². The van der Waals surface area contributed by atoms with Gasteiger partial charge in [0.15, 0.2) is 0 Å². The van der Waals surface area contributed by atoms with Gasteiger partial charge in [-0.2, -0.15) is 0 Å². The maximum atomic E-state index is 12.2. The minimum absolute atomic E-state index is 0.258. The summed E-state index contributed by atoms with van der Waals surface area (Å²) in [6.07, 6.45) is 2.06. The summed E-state index contributed by atoms with van der Waals surface area (Å²) in [5.41, 5.74) is 7.77. The highest BCUT2D eigenvalue weighted by Crippen LogP contribution is 2.16. The number of benzene rings is 2. The van der Waals surface area contributed by atoms with Crippen LogP contribution in [-0.2, 0) is 6.42 Å². The minimum Gasteiger partial charge on any atom is -0.366 e. The van der Waals surface area contributed by atoms with E-state index in [-0.39, 0.29) is 5.91 Å². The number of nitrogens with one attached hydrogen (secondary N) is 1. The third-order valence-corrected chi connectivity index (χ3v) is 3.20. The summed E-state index contributed by atoms with van der Waals surface area (Å²) in [7, 11) is 0. The molecular weight excluding hydrogens is 264 g/mol. The summed E-state index contributed by atoms with van der Waals surface area (Å²) in [4.78, 5) is 23.5. The summed E-state index contributed by atoms with van der Waals surface area (Å²) in [5.74, 6) is -0.823. The molecule has 4 heteroatoms. The Balaban J connectivity index is 2.16. The maximum absolute atomic E-state index is 12.2.